The Hall–Kier alpha value is -2.13. The zero-order valence-electron chi connectivity index (χ0n) is 15.0. The van der Waals surface area contributed by atoms with Crippen molar-refractivity contribution < 1.29 is 4.79 Å². The number of fused-ring (bicyclic) bond motifs is 1. The number of imidazole rings is 1. The first-order valence-corrected chi connectivity index (χ1v) is 8.00. The van der Waals surface area contributed by atoms with Crippen molar-refractivity contribution in [3.05, 3.63) is 27.2 Å². The number of hydrogen-bond acceptors (Lipinski definition) is 5. The minimum Gasteiger partial charge on any atom is -0.353 e. The van der Waals surface area contributed by atoms with Crippen LogP contribution in [0.1, 0.15) is 13.8 Å². The maximum atomic E-state index is 12.3. The summed E-state index contributed by atoms with van der Waals surface area (Å²) in [6.07, 6.45) is 1.41. The van der Waals surface area contributed by atoms with Crippen LogP contribution in [0.2, 0.25) is 0 Å². The van der Waals surface area contributed by atoms with Crippen molar-refractivity contribution in [2.24, 2.45) is 14.1 Å². The van der Waals surface area contributed by atoms with E-state index in [1.165, 1.54) is 22.5 Å². The number of nitrogens with zero attached hydrogens (tertiary/aromatic N) is 5. The molecule has 0 aromatic carbocycles. The SMILES string of the molecule is CCN(CC)CCNC(=O)Cn1cnc2c1c(=O)n(C)c(=O)n2C.Cl. The van der Waals surface area contributed by atoms with Gasteiger partial charge in [-0.3, -0.25) is 18.7 Å². The fourth-order valence-electron chi connectivity index (χ4n) is 2.62. The molecule has 0 aliphatic heterocycles. The van der Waals surface area contributed by atoms with Crippen LogP contribution in [-0.4, -0.2) is 55.7 Å². The molecular formula is C15H25ClN6O3. The fourth-order valence-corrected chi connectivity index (χ4v) is 2.62. The summed E-state index contributed by atoms with van der Waals surface area (Å²) in [4.78, 5) is 42.6. The van der Waals surface area contributed by atoms with Crippen LogP contribution in [0.4, 0.5) is 0 Å². The van der Waals surface area contributed by atoms with Crippen LogP contribution in [-0.2, 0) is 25.4 Å². The Morgan fingerprint density at radius 1 is 1.20 bits per heavy atom. The third kappa shape index (κ3) is 4.29. The number of aryl methyl sites for hydroxylation is 1. The van der Waals surface area contributed by atoms with E-state index in [4.69, 9.17) is 0 Å². The van der Waals surface area contributed by atoms with Gasteiger partial charge < -0.3 is 14.8 Å². The third-order valence-corrected chi connectivity index (χ3v) is 4.18. The number of nitrogens with one attached hydrogen (secondary N) is 1. The topological polar surface area (TPSA) is 94.2 Å². The van der Waals surface area contributed by atoms with Gasteiger partial charge in [-0.2, -0.15) is 0 Å². The predicted molar refractivity (Wildman–Crippen MR) is 98.3 cm³/mol. The Labute approximate surface area is 151 Å². The molecule has 0 spiro atoms. The minimum absolute atomic E-state index is 0. The Kier molecular flexibility index (Phi) is 7.38. The summed E-state index contributed by atoms with van der Waals surface area (Å²) >= 11 is 0. The lowest BCUT2D eigenvalue weighted by atomic mass is 10.4. The van der Waals surface area contributed by atoms with Crippen LogP contribution < -0.4 is 16.6 Å². The number of carbonyl (C=O) groups is 1. The average molecular weight is 373 g/mol. The second-order valence-corrected chi connectivity index (χ2v) is 5.63. The van der Waals surface area contributed by atoms with Gasteiger partial charge in [-0.1, -0.05) is 13.8 Å². The van der Waals surface area contributed by atoms with E-state index in [1.54, 1.807) is 7.05 Å². The number of amides is 1. The van der Waals surface area contributed by atoms with Gasteiger partial charge in [0.05, 0.1) is 6.33 Å². The van der Waals surface area contributed by atoms with Gasteiger partial charge in [-0.25, -0.2) is 9.78 Å². The van der Waals surface area contributed by atoms with E-state index in [9.17, 15) is 14.4 Å². The number of halogens is 1. The highest BCUT2D eigenvalue weighted by Gasteiger charge is 2.15. The lowest BCUT2D eigenvalue weighted by Gasteiger charge is -2.18. The first kappa shape index (κ1) is 20.9. The van der Waals surface area contributed by atoms with E-state index in [1.807, 2.05) is 0 Å². The van der Waals surface area contributed by atoms with Gasteiger partial charge in [-0.15, -0.1) is 12.4 Å². The number of likely N-dealkylation sites (N-methyl/N-ethyl adjacent to an activating group) is 1. The van der Waals surface area contributed by atoms with E-state index in [2.05, 4.69) is 29.0 Å². The summed E-state index contributed by atoms with van der Waals surface area (Å²) in [6, 6.07) is 0. The van der Waals surface area contributed by atoms with Crippen LogP contribution in [0.15, 0.2) is 15.9 Å². The van der Waals surface area contributed by atoms with Gasteiger partial charge in [-0.05, 0) is 13.1 Å². The zero-order chi connectivity index (χ0) is 17.9. The second kappa shape index (κ2) is 8.82. The van der Waals surface area contributed by atoms with E-state index in [-0.39, 0.29) is 36.0 Å². The molecule has 0 aliphatic carbocycles. The molecule has 25 heavy (non-hydrogen) atoms. The normalized spacial score (nSPS) is 10.9. The standard InChI is InChI=1S/C15H24N6O3.ClH/c1-5-20(6-2)8-7-16-11(22)9-21-10-17-13-12(21)14(23)19(4)15(24)18(13)3;/h10H,5-9H2,1-4H3,(H,16,22);1H. The summed E-state index contributed by atoms with van der Waals surface area (Å²) in [5, 5.41) is 2.84. The molecule has 0 aliphatic rings. The van der Waals surface area contributed by atoms with E-state index in [0.717, 1.165) is 24.2 Å². The van der Waals surface area contributed by atoms with Crippen molar-refractivity contribution in [3.8, 4) is 0 Å². The highest BCUT2D eigenvalue weighted by atomic mass is 35.5. The summed E-state index contributed by atoms with van der Waals surface area (Å²) in [6.45, 7) is 7.32. The number of rotatable bonds is 7. The van der Waals surface area contributed by atoms with Gasteiger partial charge in [0, 0.05) is 27.2 Å². The molecule has 2 rings (SSSR count). The predicted octanol–water partition coefficient (Wildman–Crippen LogP) is -0.686. The maximum Gasteiger partial charge on any atom is 0.332 e. The summed E-state index contributed by atoms with van der Waals surface area (Å²) in [7, 11) is 2.96. The molecule has 2 aromatic rings. The largest absolute Gasteiger partial charge is 0.353 e. The molecule has 0 bridgehead atoms. The van der Waals surface area contributed by atoms with Crippen LogP contribution in [0.5, 0.6) is 0 Å². The van der Waals surface area contributed by atoms with E-state index >= 15 is 0 Å². The quantitative estimate of drug-likeness (QED) is 0.694. The monoisotopic (exact) mass is 372 g/mol. The van der Waals surface area contributed by atoms with Crippen molar-refractivity contribution in [2.45, 2.75) is 20.4 Å². The van der Waals surface area contributed by atoms with E-state index in [0.29, 0.717) is 6.54 Å². The molecule has 10 heteroatoms. The zero-order valence-corrected chi connectivity index (χ0v) is 15.8. The summed E-state index contributed by atoms with van der Waals surface area (Å²) in [5.74, 6) is -0.197. The number of aromatic nitrogens is 4. The van der Waals surface area contributed by atoms with Crippen molar-refractivity contribution >= 4 is 29.5 Å². The van der Waals surface area contributed by atoms with E-state index < -0.39 is 11.2 Å². The molecule has 9 nitrogen and oxygen atoms in total. The van der Waals surface area contributed by atoms with Gasteiger partial charge in [0.15, 0.2) is 11.2 Å². The molecule has 0 saturated carbocycles. The molecule has 140 valence electrons. The fraction of sp³-hybridized carbons (Fsp3) is 0.600. The number of carbonyl (C=O) groups excluding carboxylic acids is 1. The molecule has 1 N–H and O–H groups in total. The molecule has 2 heterocycles. The highest BCUT2D eigenvalue weighted by molar-refractivity contribution is 5.85. The molecule has 2 aromatic heterocycles. The molecule has 0 radical (unpaired) electrons. The molecular weight excluding hydrogens is 348 g/mol. The molecule has 0 unspecified atom stereocenters. The van der Waals surface area contributed by atoms with Crippen LogP contribution >= 0.6 is 12.4 Å². The van der Waals surface area contributed by atoms with Gasteiger partial charge >= 0.3 is 5.69 Å². The number of hydrogen-bond donors (Lipinski definition) is 1. The molecule has 0 fully saturated rings. The van der Waals surface area contributed by atoms with Crippen molar-refractivity contribution in [3.63, 3.8) is 0 Å². The molecule has 0 saturated heterocycles. The van der Waals surface area contributed by atoms with Gasteiger partial charge in [0.1, 0.15) is 6.54 Å². The van der Waals surface area contributed by atoms with Crippen molar-refractivity contribution in [1.82, 2.24) is 28.9 Å². The Bertz CT molecular complexity index is 849. The minimum atomic E-state index is -0.457. The second-order valence-electron chi connectivity index (χ2n) is 5.63. The first-order chi connectivity index (χ1) is 11.4. The van der Waals surface area contributed by atoms with Crippen LogP contribution in [0.25, 0.3) is 11.2 Å². The van der Waals surface area contributed by atoms with Crippen molar-refractivity contribution in [2.75, 3.05) is 26.2 Å². The Balaban J connectivity index is 0.00000312. The van der Waals surface area contributed by atoms with Crippen LogP contribution in [0, 0.1) is 0 Å². The Morgan fingerprint density at radius 3 is 2.44 bits per heavy atom. The summed E-state index contributed by atoms with van der Waals surface area (Å²) in [5.41, 5.74) is -0.375. The first-order valence-electron chi connectivity index (χ1n) is 8.00. The van der Waals surface area contributed by atoms with Crippen LogP contribution in [0.3, 0.4) is 0 Å². The maximum absolute atomic E-state index is 12.3. The van der Waals surface area contributed by atoms with Crippen molar-refractivity contribution in [1.29, 1.82) is 0 Å². The average Bonchev–Trinajstić information content (AvgIpc) is 2.98. The smallest absolute Gasteiger partial charge is 0.332 e. The Morgan fingerprint density at radius 2 is 1.84 bits per heavy atom. The molecule has 1 amide bonds. The lowest BCUT2D eigenvalue weighted by molar-refractivity contribution is -0.121. The summed E-state index contributed by atoms with van der Waals surface area (Å²) < 4.78 is 3.79. The van der Waals surface area contributed by atoms with Gasteiger partial charge in [0.25, 0.3) is 5.56 Å². The van der Waals surface area contributed by atoms with Gasteiger partial charge in [0.2, 0.25) is 5.91 Å². The highest BCUT2D eigenvalue weighted by Crippen LogP contribution is 2.04. The lowest BCUT2D eigenvalue weighted by Crippen LogP contribution is -2.38. The third-order valence-electron chi connectivity index (χ3n) is 4.18. The molecule has 0 atom stereocenters.